The molecule has 0 amide bonds. The molecule has 0 saturated heterocycles. The van der Waals surface area contributed by atoms with Crippen LogP contribution in [0.5, 0.6) is 5.75 Å². The molecule has 0 saturated carbocycles. The molecule has 1 heterocycles. The van der Waals surface area contributed by atoms with E-state index in [1.807, 2.05) is 0 Å². The molecule has 0 N–H and O–H groups in total. The minimum atomic E-state index is -4.53. The highest BCUT2D eigenvalue weighted by Crippen LogP contribution is 2.34. The quantitative estimate of drug-likeness (QED) is 0.713. The number of halogens is 3. The normalized spacial score (nSPS) is 11.9. The predicted molar refractivity (Wildman–Crippen MR) is 88.1 cm³/mol. The summed E-state index contributed by atoms with van der Waals surface area (Å²) in [6, 6.07) is 9.71. The fourth-order valence-corrected chi connectivity index (χ4v) is 2.48. The van der Waals surface area contributed by atoms with E-state index in [9.17, 15) is 18.0 Å². The van der Waals surface area contributed by atoms with Crippen molar-refractivity contribution in [2.75, 3.05) is 0 Å². The Morgan fingerprint density at radius 3 is 2.52 bits per heavy atom. The van der Waals surface area contributed by atoms with E-state index in [2.05, 4.69) is 4.98 Å². The molecule has 3 rings (SSSR count). The van der Waals surface area contributed by atoms with Crippen molar-refractivity contribution in [2.45, 2.75) is 26.1 Å². The van der Waals surface area contributed by atoms with Crippen molar-refractivity contribution >= 4 is 10.9 Å². The van der Waals surface area contributed by atoms with Crippen molar-refractivity contribution in [1.29, 1.82) is 0 Å². The highest BCUT2D eigenvalue weighted by Gasteiger charge is 2.31. The summed E-state index contributed by atoms with van der Waals surface area (Å²) in [5.41, 5.74) is -0.842. The molecule has 0 bridgehead atoms. The van der Waals surface area contributed by atoms with E-state index in [4.69, 9.17) is 4.74 Å². The summed E-state index contributed by atoms with van der Waals surface area (Å²) >= 11 is 0. The van der Waals surface area contributed by atoms with Gasteiger partial charge >= 0.3 is 6.18 Å². The van der Waals surface area contributed by atoms with Crippen LogP contribution in [0.2, 0.25) is 0 Å². The van der Waals surface area contributed by atoms with Gasteiger partial charge < -0.3 is 4.74 Å². The van der Waals surface area contributed by atoms with Crippen LogP contribution in [0.25, 0.3) is 16.6 Å². The van der Waals surface area contributed by atoms with Crippen LogP contribution in [-0.2, 0) is 6.18 Å². The van der Waals surface area contributed by atoms with Gasteiger partial charge in [-0.15, -0.1) is 0 Å². The van der Waals surface area contributed by atoms with E-state index in [0.717, 1.165) is 16.7 Å². The molecule has 0 aliphatic carbocycles. The van der Waals surface area contributed by atoms with Gasteiger partial charge in [0.05, 0.1) is 28.3 Å². The summed E-state index contributed by atoms with van der Waals surface area (Å²) in [5.74, 6) is 0.183. The Balaban J connectivity index is 2.27. The number of hydrogen-bond donors (Lipinski definition) is 0. The Labute approximate surface area is 141 Å². The Morgan fingerprint density at radius 2 is 1.84 bits per heavy atom. The lowest BCUT2D eigenvalue weighted by Gasteiger charge is -2.17. The molecule has 3 aromatic rings. The zero-order valence-electron chi connectivity index (χ0n) is 13.5. The third kappa shape index (κ3) is 3.35. The maximum atomic E-state index is 13.1. The van der Waals surface area contributed by atoms with Gasteiger partial charge in [-0.1, -0.05) is 12.1 Å². The Morgan fingerprint density at radius 1 is 1.12 bits per heavy atom. The van der Waals surface area contributed by atoms with Gasteiger partial charge in [0.1, 0.15) is 12.1 Å². The summed E-state index contributed by atoms with van der Waals surface area (Å²) in [7, 11) is 0. The second-order valence-corrected chi connectivity index (χ2v) is 5.78. The predicted octanol–water partition coefficient (Wildman–Crippen LogP) is 4.19. The summed E-state index contributed by atoms with van der Waals surface area (Å²) < 4.78 is 45.9. The Hall–Kier alpha value is -2.83. The first-order valence-electron chi connectivity index (χ1n) is 7.62. The first kappa shape index (κ1) is 17.0. The maximum absolute atomic E-state index is 13.1. The van der Waals surface area contributed by atoms with Gasteiger partial charge in [0.15, 0.2) is 0 Å². The smallest absolute Gasteiger partial charge is 0.416 e. The fourth-order valence-electron chi connectivity index (χ4n) is 2.48. The molecule has 130 valence electrons. The second-order valence-electron chi connectivity index (χ2n) is 5.78. The van der Waals surface area contributed by atoms with Gasteiger partial charge in [0.2, 0.25) is 0 Å². The number of aromatic nitrogens is 2. The number of nitrogens with zero attached hydrogens (tertiary/aromatic N) is 2. The fraction of sp³-hybridized carbons (Fsp3) is 0.222. The molecule has 0 spiro atoms. The van der Waals surface area contributed by atoms with Crippen molar-refractivity contribution in [2.24, 2.45) is 0 Å². The topological polar surface area (TPSA) is 44.1 Å². The third-order valence-electron chi connectivity index (χ3n) is 3.57. The van der Waals surface area contributed by atoms with Gasteiger partial charge in [-0.2, -0.15) is 13.2 Å². The van der Waals surface area contributed by atoms with Crippen molar-refractivity contribution in [3.63, 3.8) is 0 Å². The van der Waals surface area contributed by atoms with Crippen molar-refractivity contribution in [3.8, 4) is 11.4 Å². The monoisotopic (exact) mass is 348 g/mol. The molecule has 4 nitrogen and oxygen atoms in total. The zero-order valence-corrected chi connectivity index (χ0v) is 13.5. The average Bonchev–Trinajstić information content (AvgIpc) is 2.55. The molecule has 0 atom stereocenters. The van der Waals surface area contributed by atoms with Crippen molar-refractivity contribution < 1.29 is 17.9 Å². The molecular weight excluding hydrogens is 333 g/mol. The molecular formula is C18H15F3N2O2. The van der Waals surface area contributed by atoms with E-state index >= 15 is 0 Å². The largest absolute Gasteiger partial charge is 0.489 e. The lowest BCUT2D eigenvalue weighted by Crippen LogP contribution is -2.21. The number of ether oxygens (including phenoxy) is 1. The van der Waals surface area contributed by atoms with E-state index < -0.39 is 17.3 Å². The van der Waals surface area contributed by atoms with E-state index in [-0.39, 0.29) is 17.5 Å². The van der Waals surface area contributed by atoms with Gasteiger partial charge in [0, 0.05) is 0 Å². The Bertz CT molecular complexity index is 978. The highest BCUT2D eigenvalue weighted by molar-refractivity contribution is 5.77. The number of hydrogen-bond acceptors (Lipinski definition) is 3. The minimum Gasteiger partial charge on any atom is -0.489 e. The van der Waals surface area contributed by atoms with Gasteiger partial charge in [0.25, 0.3) is 5.56 Å². The molecule has 7 heteroatoms. The number of fused-ring (bicyclic) bond motifs is 1. The van der Waals surface area contributed by atoms with Crippen LogP contribution in [-0.4, -0.2) is 15.7 Å². The van der Waals surface area contributed by atoms with Crippen LogP contribution < -0.4 is 10.3 Å². The SMILES string of the molecule is CC(C)Oc1ccc(C(F)(F)F)cc1-n1cnc2ccccc2c1=O. The Kier molecular flexibility index (Phi) is 4.24. The average molecular weight is 348 g/mol. The van der Waals surface area contributed by atoms with E-state index in [1.165, 1.54) is 12.4 Å². The molecule has 0 aliphatic rings. The van der Waals surface area contributed by atoms with Crippen LogP contribution in [0.3, 0.4) is 0 Å². The minimum absolute atomic E-state index is 0.00628. The standard InChI is InChI=1S/C18H15F3N2O2/c1-11(2)25-16-8-7-12(18(19,20)21)9-15(16)23-10-22-14-6-4-3-5-13(14)17(23)24/h3-11H,1-2H3. The molecule has 0 fully saturated rings. The molecule has 2 aromatic carbocycles. The van der Waals surface area contributed by atoms with Gasteiger partial charge in [-0.25, -0.2) is 4.98 Å². The van der Waals surface area contributed by atoms with Crippen molar-refractivity contribution in [1.82, 2.24) is 9.55 Å². The summed E-state index contributed by atoms with van der Waals surface area (Å²) in [6.45, 7) is 3.51. The summed E-state index contributed by atoms with van der Waals surface area (Å²) in [4.78, 5) is 16.9. The maximum Gasteiger partial charge on any atom is 0.416 e. The zero-order chi connectivity index (χ0) is 18.2. The van der Waals surface area contributed by atoms with Crippen LogP contribution >= 0.6 is 0 Å². The number of benzene rings is 2. The van der Waals surface area contributed by atoms with Crippen molar-refractivity contribution in [3.05, 3.63) is 64.7 Å². The molecule has 1 aromatic heterocycles. The number of para-hydroxylation sites is 1. The van der Waals surface area contributed by atoms with E-state index in [0.29, 0.717) is 10.9 Å². The lowest BCUT2D eigenvalue weighted by molar-refractivity contribution is -0.137. The molecule has 0 unspecified atom stereocenters. The number of rotatable bonds is 3. The van der Waals surface area contributed by atoms with E-state index in [1.54, 1.807) is 38.1 Å². The first-order valence-corrected chi connectivity index (χ1v) is 7.62. The van der Waals surface area contributed by atoms with Crippen LogP contribution in [0.4, 0.5) is 13.2 Å². The van der Waals surface area contributed by atoms with Crippen LogP contribution in [0.1, 0.15) is 19.4 Å². The van der Waals surface area contributed by atoms with Gasteiger partial charge in [-0.05, 0) is 44.2 Å². The molecule has 0 radical (unpaired) electrons. The van der Waals surface area contributed by atoms with Crippen LogP contribution in [0, 0.1) is 0 Å². The summed E-state index contributed by atoms with van der Waals surface area (Å²) in [6.07, 6.45) is -3.58. The highest BCUT2D eigenvalue weighted by atomic mass is 19.4. The van der Waals surface area contributed by atoms with Crippen LogP contribution in [0.15, 0.2) is 53.6 Å². The molecule has 0 aliphatic heterocycles. The third-order valence-corrected chi connectivity index (χ3v) is 3.57. The molecule has 25 heavy (non-hydrogen) atoms. The summed E-state index contributed by atoms with van der Waals surface area (Å²) in [5, 5.41) is 0.318. The van der Waals surface area contributed by atoms with Gasteiger partial charge in [-0.3, -0.25) is 9.36 Å². The number of alkyl halides is 3. The first-order chi connectivity index (χ1) is 11.8. The second kappa shape index (κ2) is 6.23. The lowest BCUT2D eigenvalue weighted by atomic mass is 10.1.